The number of nitrogens with zero attached hydrogens (tertiary/aromatic N) is 1. The summed E-state index contributed by atoms with van der Waals surface area (Å²) in [6, 6.07) is 0. The van der Waals surface area contributed by atoms with Crippen LogP contribution in [0.25, 0.3) is 0 Å². The van der Waals surface area contributed by atoms with E-state index in [2.05, 4.69) is 9.99 Å². The fourth-order valence-electron chi connectivity index (χ4n) is 0.844. The van der Waals surface area contributed by atoms with Crippen LogP contribution in [0.1, 0.15) is 25.7 Å². The molecule has 1 fully saturated rings. The predicted molar refractivity (Wildman–Crippen MR) is 37.5 cm³/mol. The molecular weight excluding hydrogens is 114 g/mol. The predicted octanol–water partition coefficient (Wildman–Crippen LogP) is 1.81. The molecule has 0 aromatic carbocycles. The van der Waals surface area contributed by atoms with Crippen molar-refractivity contribution in [3.63, 3.8) is 0 Å². The van der Waals surface area contributed by atoms with Crippen LogP contribution in [0, 0.1) is 5.92 Å². The van der Waals surface area contributed by atoms with Crippen molar-refractivity contribution in [3.8, 4) is 0 Å². The molecule has 0 radical (unpaired) electrons. The Bertz CT molecular complexity index is 97.1. The monoisotopic (exact) mass is 127 g/mol. The van der Waals surface area contributed by atoms with Gasteiger partial charge in [0, 0.05) is 6.21 Å². The van der Waals surface area contributed by atoms with E-state index in [-0.39, 0.29) is 0 Å². The van der Waals surface area contributed by atoms with E-state index in [9.17, 15) is 0 Å². The van der Waals surface area contributed by atoms with Crippen molar-refractivity contribution < 1.29 is 4.84 Å². The number of hydrogen-bond acceptors (Lipinski definition) is 2. The minimum atomic E-state index is 1.01. The molecule has 1 saturated carbocycles. The van der Waals surface area contributed by atoms with Gasteiger partial charge in [-0.15, -0.1) is 0 Å². The molecule has 2 heteroatoms. The van der Waals surface area contributed by atoms with Crippen molar-refractivity contribution >= 4 is 6.21 Å². The van der Waals surface area contributed by atoms with Gasteiger partial charge in [-0.05, 0) is 18.8 Å². The highest BCUT2D eigenvalue weighted by Gasteiger charge is 2.19. The highest BCUT2D eigenvalue weighted by molar-refractivity contribution is 5.56. The number of hydrogen-bond donors (Lipinski definition) is 0. The molecule has 0 N–H and O–H groups in total. The van der Waals surface area contributed by atoms with Crippen LogP contribution in [0.15, 0.2) is 5.16 Å². The molecule has 0 saturated heterocycles. The minimum Gasteiger partial charge on any atom is -0.399 e. The molecular formula is C7H13NO. The summed E-state index contributed by atoms with van der Waals surface area (Å²) in [5.74, 6) is 1.01. The molecule has 0 bridgehead atoms. The lowest BCUT2D eigenvalue weighted by Crippen LogP contribution is -1.79. The van der Waals surface area contributed by atoms with Gasteiger partial charge in [0.25, 0.3) is 0 Å². The van der Waals surface area contributed by atoms with Crippen molar-refractivity contribution in [1.82, 2.24) is 0 Å². The second kappa shape index (κ2) is 3.49. The largest absolute Gasteiger partial charge is 0.399 e. The molecule has 0 spiro atoms. The molecule has 0 heterocycles. The second-order valence-electron chi connectivity index (χ2n) is 2.49. The van der Waals surface area contributed by atoms with E-state index in [0.717, 1.165) is 12.3 Å². The SMILES string of the molecule is CO/N=C/CCC1CC1. The van der Waals surface area contributed by atoms with Crippen LogP contribution >= 0.6 is 0 Å². The van der Waals surface area contributed by atoms with Gasteiger partial charge in [0.15, 0.2) is 0 Å². The molecule has 2 nitrogen and oxygen atoms in total. The Morgan fingerprint density at radius 3 is 3.00 bits per heavy atom. The Balaban J connectivity index is 1.85. The lowest BCUT2D eigenvalue weighted by molar-refractivity contribution is 0.214. The Labute approximate surface area is 55.9 Å². The van der Waals surface area contributed by atoms with Crippen molar-refractivity contribution in [3.05, 3.63) is 0 Å². The Morgan fingerprint density at radius 1 is 1.67 bits per heavy atom. The van der Waals surface area contributed by atoms with E-state index in [0.29, 0.717) is 0 Å². The average molecular weight is 127 g/mol. The summed E-state index contributed by atoms with van der Waals surface area (Å²) in [4.78, 5) is 4.51. The quantitative estimate of drug-likeness (QED) is 0.417. The van der Waals surface area contributed by atoms with Crippen molar-refractivity contribution in [2.45, 2.75) is 25.7 Å². The van der Waals surface area contributed by atoms with E-state index in [1.165, 1.54) is 19.3 Å². The fraction of sp³-hybridized carbons (Fsp3) is 0.857. The Hall–Kier alpha value is -0.530. The third-order valence-electron chi connectivity index (χ3n) is 1.58. The summed E-state index contributed by atoms with van der Waals surface area (Å²) in [6.45, 7) is 0. The van der Waals surface area contributed by atoms with Crippen LogP contribution in [0.2, 0.25) is 0 Å². The minimum absolute atomic E-state index is 1.01. The van der Waals surface area contributed by atoms with Crippen molar-refractivity contribution in [1.29, 1.82) is 0 Å². The summed E-state index contributed by atoms with van der Waals surface area (Å²) in [7, 11) is 1.58. The first-order chi connectivity index (χ1) is 4.43. The molecule has 1 aliphatic rings. The van der Waals surface area contributed by atoms with Gasteiger partial charge < -0.3 is 4.84 Å². The highest BCUT2D eigenvalue weighted by atomic mass is 16.6. The first kappa shape index (κ1) is 6.59. The molecule has 0 unspecified atom stereocenters. The summed E-state index contributed by atoms with van der Waals surface area (Å²) < 4.78 is 0. The maximum absolute atomic E-state index is 4.51. The van der Waals surface area contributed by atoms with Crippen molar-refractivity contribution in [2.24, 2.45) is 11.1 Å². The first-order valence-corrected chi connectivity index (χ1v) is 3.48. The van der Waals surface area contributed by atoms with E-state index in [1.54, 1.807) is 7.11 Å². The molecule has 0 atom stereocenters. The lowest BCUT2D eigenvalue weighted by atomic mass is 10.2. The van der Waals surface area contributed by atoms with E-state index in [1.807, 2.05) is 6.21 Å². The summed E-state index contributed by atoms with van der Waals surface area (Å²) in [5, 5.41) is 3.65. The summed E-state index contributed by atoms with van der Waals surface area (Å²) >= 11 is 0. The maximum Gasteiger partial charge on any atom is 0.106 e. The normalized spacial score (nSPS) is 18.8. The molecule has 0 amide bonds. The maximum atomic E-state index is 4.51. The molecule has 0 aromatic rings. The van der Waals surface area contributed by atoms with Crippen LogP contribution in [0.3, 0.4) is 0 Å². The Morgan fingerprint density at radius 2 is 2.44 bits per heavy atom. The van der Waals surface area contributed by atoms with Crippen LogP contribution in [0.5, 0.6) is 0 Å². The van der Waals surface area contributed by atoms with Gasteiger partial charge in [-0.2, -0.15) is 0 Å². The first-order valence-electron chi connectivity index (χ1n) is 3.48. The van der Waals surface area contributed by atoms with Gasteiger partial charge in [-0.25, -0.2) is 0 Å². The standard InChI is InChI=1S/C7H13NO/c1-9-8-6-2-3-7-4-5-7/h6-7H,2-5H2,1H3/b8-6+. The van der Waals surface area contributed by atoms with Crippen molar-refractivity contribution in [2.75, 3.05) is 7.11 Å². The summed E-state index contributed by atoms with van der Waals surface area (Å²) in [5.41, 5.74) is 0. The number of rotatable bonds is 4. The van der Waals surface area contributed by atoms with Crippen LogP contribution in [-0.4, -0.2) is 13.3 Å². The zero-order valence-corrected chi connectivity index (χ0v) is 5.84. The van der Waals surface area contributed by atoms with E-state index in [4.69, 9.17) is 0 Å². The third-order valence-corrected chi connectivity index (χ3v) is 1.58. The average Bonchev–Trinajstić information content (AvgIpc) is 2.63. The van der Waals surface area contributed by atoms with Crippen LogP contribution in [0.4, 0.5) is 0 Å². The van der Waals surface area contributed by atoms with Gasteiger partial charge in [0.2, 0.25) is 0 Å². The third kappa shape index (κ3) is 3.12. The lowest BCUT2D eigenvalue weighted by Gasteiger charge is -1.87. The second-order valence-corrected chi connectivity index (χ2v) is 2.49. The molecule has 0 aliphatic heterocycles. The van der Waals surface area contributed by atoms with Gasteiger partial charge in [-0.3, -0.25) is 0 Å². The van der Waals surface area contributed by atoms with Crippen LogP contribution in [-0.2, 0) is 4.84 Å². The zero-order chi connectivity index (χ0) is 6.53. The van der Waals surface area contributed by atoms with E-state index >= 15 is 0 Å². The number of oxime groups is 1. The highest BCUT2D eigenvalue weighted by Crippen LogP contribution is 2.32. The summed E-state index contributed by atoms with van der Waals surface area (Å²) in [6.07, 6.45) is 7.09. The molecule has 1 rings (SSSR count). The molecule has 9 heavy (non-hydrogen) atoms. The van der Waals surface area contributed by atoms with Crippen LogP contribution < -0.4 is 0 Å². The van der Waals surface area contributed by atoms with Gasteiger partial charge >= 0.3 is 0 Å². The fourth-order valence-corrected chi connectivity index (χ4v) is 0.844. The molecule has 1 aliphatic carbocycles. The topological polar surface area (TPSA) is 21.6 Å². The van der Waals surface area contributed by atoms with Gasteiger partial charge in [-0.1, -0.05) is 18.0 Å². The smallest absolute Gasteiger partial charge is 0.106 e. The zero-order valence-electron chi connectivity index (χ0n) is 5.84. The molecule has 52 valence electrons. The molecule has 0 aromatic heterocycles. The van der Waals surface area contributed by atoms with Gasteiger partial charge in [0.05, 0.1) is 0 Å². The van der Waals surface area contributed by atoms with Gasteiger partial charge in [0.1, 0.15) is 7.11 Å². The Kier molecular flexibility index (Phi) is 2.55. The van der Waals surface area contributed by atoms with E-state index < -0.39 is 0 Å².